The largest absolute Gasteiger partial charge is 0.365 e. The van der Waals surface area contributed by atoms with Gasteiger partial charge < -0.3 is 15.2 Å². The van der Waals surface area contributed by atoms with Gasteiger partial charge >= 0.3 is 0 Å². The molecule has 1 saturated heterocycles. The molecule has 2 N–H and O–H groups in total. The van der Waals surface area contributed by atoms with E-state index in [1.54, 1.807) is 10.6 Å². The van der Waals surface area contributed by atoms with Crippen molar-refractivity contribution in [1.29, 1.82) is 0 Å². The second-order valence-corrected chi connectivity index (χ2v) is 8.13. The standard InChI is InChI=1S/C21H24FN7O2/c1-23-21(31)16-4-5-17(19(22)24-16)28-8-6-27(7-9-28)11-14-10-18-25-20(30)15(13-2-3-13)12-29(18)26-14/h4-5,10,12-13H,2-3,6-9,11H2,1H3,(H,23,31)(H,25,30). The van der Waals surface area contributed by atoms with Gasteiger partial charge in [-0.3, -0.25) is 14.5 Å². The molecule has 162 valence electrons. The number of aromatic nitrogens is 4. The Labute approximate surface area is 177 Å². The third-order valence-electron chi connectivity index (χ3n) is 5.96. The zero-order chi connectivity index (χ0) is 21.5. The maximum absolute atomic E-state index is 14.4. The van der Waals surface area contributed by atoms with Gasteiger partial charge in [-0.05, 0) is 30.9 Å². The molecule has 4 heterocycles. The molecule has 1 amide bonds. The fourth-order valence-electron chi connectivity index (χ4n) is 4.07. The highest BCUT2D eigenvalue weighted by atomic mass is 19.1. The molecule has 9 nitrogen and oxygen atoms in total. The molecular weight excluding hydrogens is 401 g/mol. The Kier molecular flexibility index (Phi) is 4.93. The zero-order valence-corrected chi connectivity index (χ0v) is 17.3. The van der Waals surface area contributed by atoms with Crippen LogP contribution in [0.2, 0.25) is 0 Å². The number of amides is 1. The van der Waals surface area contributed by atoms with Gasteiger partial charge in [0, 0.05) is 57.6 Å². The Morgan fingerprint density at radius 3 is 2.71 bits per heavy atom. The molecule has 3 aromatic rings. The number of nitrogens with one attached hydrogen (secondary N) is 2. The van der Waals surface area contributed by atoms with Crippen molar-refractivity contribution in [3.8, 4) is 0 Å². The maximum atomic E-state index is 14.4. The minimum absolute atomic E-state index is 0.0202. The molecule has 10 heteroatoms. The zero-order valence-electron chi connectivity index (χ0n) is 17.3. The predicted octanol–water partition coefficient (Wildman–Crippen LogP) is 1.12. The number of aromatic amines is 1. The molecule has 5 rings (SSSR count). The lowest BCUT2D eigenvalue weighted by molar-refractivity contribution is 0.0957. The van der Waals surface area contributed by atoms with Crippen molar-refractivity contribution < 1.29 is 9.18 Å². The quantitative estimate of drug-likeness (QED) is 0.595. The van der Waals surface area contributed by atoms with Crippen molar-refractivity contribution in [3.05, 3.63) is 57.6 Å². The summed E-state index contributed by atoms with van der Waals surface area (Å²) in [5, 5.41) is 7.07. The van der Waals surface area contributed by atoms with Crippen molar-refractivity contribution in [2.45, 2.75) is 25.3 Å². The number of hydrogen-bond acceptors (Lipinski definition) is 6. The number of anilines is 1. The highest BCUT2D eigenvalue weighted by Crippen LogP contribution is 2.38. The van der Waals surface area contributed by atoms with Crippen molar-refractivity contribution in [2.75, 3.05) is 38.1 Å². The lowest BCUT2D eigenvalue weighted by Gasteiger charge is -2.35. The van der Waals surface area contributed by atoms with E-state index in [1.165, 1.54) is 13.1 Å². The Morgan fingerprint density at radius 2 is 2.03 bits per heavy atom. The molecule has 0 bridgehead atoms. The lowest BCUT2D eigenvalue weighted by Crippen LogP contribution is -2.46. The molecule has 0 aromatic carbocycles. The number of H-pyrrole nitrogens is 1. The fourth-order valence-corrected chi connectivity index (χ4v) is 4.07. The second kappa shape index (κ2) is 7.77. The summed E-state index contributed by atoms with van der Waals surface area (Å²) in [6.45, 7) is 3.44. The number of piperazine rings is 1. The molecule has 1 aliphatic carbocycles. The van der Waals surface area contributed by atoms with E-state index in [-0.39, 0.29) is 11.3 Å². The third-order valence-corrected chi connectivity index (χ3v) is 5.96. The first-order valence-corrected chi connectivity index (χ1v) is 10.5. The lowest BCUT2D eigenvalue weighted by atomic mass is 10.2. The van der Waals surface area contributed by atoms with E-state index in [9.17, 15) is 14.0 Å². The van der Waals surface area contributed by atoms with E-state index in [0.29, 0.717) is 36.9 Å². The summed E-state index contributed by atoms with van der Waals surface area (Å²) in [7, 11) is 1.49. The van der Waals surface area contributed by atoms with Crippen LogP contribution < -0.4 is 15.8 Å². The fraction of sp³-hybridized carbons (Fsp3) is 0.429. The Morgan fingerprint density at radius 1 is 1.26 bits per heavy atom. The minimum Gasteiger partial charge on any atom is -0.365 e. The van der Waals surface area contributed by atoms with Gasteiger partial charge in [-0.15, -0.1) is 0 Å². The van der Waals surface area contributed by atoms with Crippen molar-refractivity contribution in [3.63, 3.8) is 0 Å². The number of halogens is 1. The molecular formula is C21H24FN7O2. The van der Waals surface area contributed by atoms with Crippen LogP contribution in [0.15, 0.2) is 29.2 Å². The summed E-state index contributed by atoms with van der Waals surface area (Å²) in [6, 6.07) is 5.06. The smallest absolute Gasteiger partial charge is 0.269 e. The number of carbonyl (C=O) groups excluding carboxylic acids is 1. The maximum Gasteiger partial charge on any atom is 0.269 e. The first kappa shape index (κ1) is 19.7. The molecule has 0 unspecified atom stereocenters. The van der Waals surface area contributed by atoms with Crippen molar-refractivity contribution in [1.82, 2.24) is 29.8 Å². The SMILES string of the molecule is CNC(=O)c1ccc(N2CCN(Cc3cc4[nH]c(=O)c(C5CC5)cn4n3)CC2)c(F)n1. The van der Waals surface area contributed by atoms with Crippen LogP contribution >= 0.6 is 0 Å². The van der Waals surface area contributed by atoms with Gasteiger partial charge in [0.05, 0.1) is 11.4 Å². The van der Waals surface area contributed by atoms with E-state index in [2.05, 4.69) is 25.3 Å². The summed E-state index contributed by atoms with van der Waals surface area (Å²) < 4.78 is 16.2. The molecule has 2 aliphatic rings. The highest BCUT2D eigenvalue weighted by molar-refractivity contribution is 5.92. The molecule has 1 aliphatic heterocycles. The van der Waals surface area contributed by atoms with E-state index in [4.69, 9.17) is 0 Å². The van der Waals surface area contributed by atoms with Gasteiger partial charge in [0.2, 0.25) is 5.95 Å². The van der Waals surface area contributed by atoms with Crippen LogP contribution in [0.3, 0.4) is 0 Å². The number of pyridine rings is 1. The van der Waals surface area contributed by atoms with Crippen molar-refractivity contribution in [2.24, 2.45) is 0 Å². The summed E-state index contributed by atoms with van der Waals surface area (Å²) in [5.41, 5.74) is 2.86. The molecule has 2 fully saturated rings. The Hall–Kier alpha value is -3.27. The molecule has 0 radical (unpaired) electrons. The van der Waals surface area contributed by atoms with Crippen LogP contribution in [0.25, 0.3) is 5.65 Å². The summed E-state index contributed by atoms with van der Waals surface area (Å²) in [6.07, 6.45) is 3.99. The van der Waals surface area contributed by atoms with Crippen LogP contribution in [0.4, 0.5) is 10.1 Å². The number of hydrogen-bond donors (Lipinski definition) is 2. The van der Waals surface area contributed by atoms with Crippen LogP contribution in [0.1, 0.15) is 40.5 Å². The van der Waals surface area contributed by atoms with Gasteiger partial charge in [-0.2, -0.15) is 9.49 Å². The van der Waals surface area contributed by atoms with Crippen LogP contribution in [-0.4, -0.2) is 63.6 Å². The van der Waals surface area contributed by atoms with Gasteiger partial charge in [0.1, 0.15) is 11.3 Å². The number of fused-ring (bicyclic) bond motifs is 1. The number of rotatable bonds is 5. The summed E-state index contributed by atoms with van der Waals surface area (Å²) in [4.78, 5) is 34.7. The first-order chi connectivity index (χ1) is 15.0. The van der Waals surface area contributed by atoms with Crippen molar-refractivity contribution >= 4 is 17.2 Å². The highest BCUT2D eigenvalue weighted by Gasteiger charge is 2.27. The molecule has 0 spiro atoms. The van der Waals surface area contributed by atoms with E-state index < -0.39 is 11.9 Å². The number of nitrogens with zero attached hydrogens (tertiary/aromatic N) is 5. The van der Waals surface area contributed by atoms with E-state index in [1.807, 2.05) is 17.2 Å². The number of carbonyl (C=O) groups is 1. The summed E-state index contributed by atoms with van der Waals surface area (Å²) in [5.74, 6) is -0.673. The normalized spacial score (nSPS) is 17.3. The predicted molar refractivity (Wildman–Crippen MR) is 113 cm³/mol. The first-order valence-electron chi connectivity index (χ1n) is 10.5. The Bertz CT molecular complexity index is 1190. The van der Waals surface area contributed by atoms with Gasteiger partial charge in [0.25, 0.3) is 11.5 Å². The third kappa shape index (κ3) is 3.90. The van der Waals surface area contributed by atoms with Crippen LogP contribution in [0.5, 0.6) is 0 Å². The van der Waals surface area contributed by atoms with E-state index >= 15 is 0 Å². The second-order valence-electron chi connectivity index (χ2n) is 8.13. The van der Waals surface area contributed by atoms with Crippen LogP contribution in [-0.2, 0) is 6.54 Å². The molecule has 3 aromatic heterocycles. The summed E-state index contributed by atoms with van der Waals surface area (Å²) >= 11 is 0. The average Bonchev–Trinajstić information content (AvgIpc) is 3.54. The van der Waals surface area contributed by atoms with Gasteiger partial charge in [-0.1, -0.05) is 0 Å². The monoisotopic (exact) mass is 425 g/mol. The Balaban J connectivity index is 1.24. The van der Waals surface area contributed by atoms with Gasteiger partial charge in [-0.25, -0.2) is 9.50 Å². The van der Waals surface area contributed by atoms with Crippen LogP contribution in [0, 0.1) is 5.95 Å². The molecule has 0 atom stereocenters. The van der Waals surface area contributed by atoms with E-state index in [0.717, 1.165) is 37.2 Å². The van der Waals surface area contributed by atoms with Gasteiger partial charge in [0.15, 0.2) is 0 Å². The molecule has 1 saturated carbocycles. The topological polar surface area (TPSA) is 98.6 Å². The molecule has 31 heavy (non-hydrogen) atoms. The minimum atomic E-state index is -0.634. The average molecular weight is 425 g/mol.